The molecule has 2 aliphatic rings. The van der Waals surface area contributed by atoms with E-state index < -0.39 is 5.97 Å². The molecule has 6 heterocycles. The fourth-order valence-electron chi connectivity index (χ4n) is 6.40. The number of halogens is 2. The van der Waals surface area contributed by atoms with E-state index in [2.05, 4.69) is 56.7 Å². The van der Waals surface area contributed by atoms with E-state index in [-0.39, 0.29) is 39.9 Å². The summed E-state index contributed by atoms with van der Waals surface area (Å²) in [5, 5.41) is 10.7. The van der Waals surface area contributed by atoms with Gasteiger partial charge in [0.1, 0.15) is 39.6 Å². The number of benzene rings is 2. The maximum atomic E-state index is 12.3. The molecule has 0 bridgehead atoms. The molecule has 13 nitrogen and oxygen atoms in total. The first-order valence-corrected chi connectivity index (χ1v) is 17.0. The van der Waals surface area contributed by atoms with Crippen molar-refractivity contribution in [3.05, 3.63) is 77.7 Å². The highest BCUT2D eigenvalue weighted by atomic mass is 79.9. The average molecular weight is 782 g/mol. The molecule has 2 aromatic carbocycles. The van der Waals surface area contributed by atoms with Crippen LogP contribution in [-0.2, 0) is 22.7 Å². The molecule has 248 valence electrons. The Balaban J connectivity index is 0.000000152. The van der Waals surface area contributed by atoms with Crippen LogP contribution in [-0.4, -0.2) is 72.8 Å². The lowest BCUT2D eigenvalue weighted by molar-refractivity contribution is -0.141. The lowest BCUT2D eigenvalue weighted by atomic mass is 10.1. The van der Waals surface area contributed by atoms with Crippen LogP contribution >= 0.6 is 31.9 Å². The summed E-state index contributed by atoms with van der Waals surface area (Å²) in [5.41, 5.74) is 2.20. The van der Waals surface area contributed by atoms with Gasteiger partial charge in [-0.1, -0.05) is 31.9 Å². The van der Waals surface area contributed by atoms with Crippen LogP contribution in [0.5, 0.6) is 0 Å². The number of aliphatic carboxylic acids is 1. The van der Waals surface area contributed by atoms with E-state index in [1.807, 2.05) is 35.2 Å². The Labute approximate surface area is 288 Å². The van der Waals surface area contributed by atoms with Crippen LogP contribution in [0.1, 0.15) is 31.4 Å². The number of carboxylic acid groups (broad SMARTS) is 1. The number of Topliss-reactive ketones (excluding diaryl/α,β-unsaturated/α-hetero) is 1. The molecule has 0 saturated carbocycles. The zero-order valence-corrected chi connectivity index (χ0v) is 28.9. The minimum absolute atomic E-state index is 0.0890. The molecule has 0 radical (unpaired) electrons. The number of H-pyrrole nitrogens is 2. The summed E-state index contributed by atoms with van der Waals surface area (Å²) >= 11 is 6.85. The summed E-state index contributed by atoms with van der Waals surface area (Å²) in [6.07, 6.45) is 1.48. The van der Waals surface area contributed by atoms with Crippen LogP contribution < -0.4 is 11.1 Å². The van der Waals surface area contributed by atoms with Gasteiger partial charge in [0, 0.05) is 38.7 Å². The Kier molecular flexibility index (Phi) is 8.79. The van der Waals surface area contributed by atoms with Gasteiger partial charge in [-0.25, -0.2) is 9.97 Å². The van der Waals surface area contributed by atoms with E-state index in [4.69, 9.17) is 13.9 Å². The van der Waals surface area contributed by atoms with Crippen molar-refractivity contribution in [1.82, 2.24) is 29.7 Å². The number of carbonyl (C=O) groups excluding carboxylic acids is 1. The van der Waals surface area contributed by atoms with E-state index in [1.54, 1.807) is 13.0 Å². The average Bonchev–Trinajstić information content (AvgIpc) is 3.84. The SMILES string of the molecule is CC(=O)C1CCN(Cc2nc3c(oc4ccc(Br)cc43)c(=O)[nH]2)C1.O=C(O)C1CCN(Cc2nc3c(oc4ccc(Br)cc43)c(=O)[nH]2)C1. The summed E-state index contributed by atoms with van der Waals surface area (Å²) < 4.78 is 13.0. The maximum Gasteiger partial charge on any atom is 0.307 e. The van der Waals surface area contributed by atoms with Gasteiger partial charge in [-0.05, 0) is 69.3 Å². The zero-order valence-electron chi connectivity index (χ0n) is 25.7. The smallest absolute Gasteiger partial charge is 0.307 e. The van der Waals surface area contributed by atoms with E-state index in [0.29, 0.717) is 66.4 Å². The molecule has 15 heteroatoms. The van der Waals surface area contributed by atoms with Gasteiger partial charge in [0.15, 0.2) is 0 Å². The number of aromatic amines is 2. The number of nitrogens with one attached hydrogen (secondary N) is 2. The van der Waals surface area contributed by atoms with Crippen molar-refractivity contribution in [3.8, 4) is 0 Å². The highest BCUT2D eigenvalue weighted by molar-refractivity contribution is 9.10. The van der Waals surface area contributed by atoms with Crippen LogP contribution in [0.4, 0.5) is 0 Å². The third-order valence-corrected chi connectivity index (χ3v) is 9.87. The number of nitrogens with zero attached hydrogens (tertiary/aromatic N) is 4. The summed E-state index contributed by atoms with van der Waals surface area (Å²) in [4.78, 5) is 66.0. The molecule has 2 unspecified atom stereocenters. The maximum absolute atomic E-state index is 12.3. The van der Waals surface area contributed by atoms with Crippen LogP contribution in [0, 0.1) is 11.8 Å². The van der Waals surface area contributed by atoms with Gasteiger partial charge in [-0.3, -0.25) is 29.0 Å². The first-order chi connectivity index (χ1) is 23.0. The summed E-state index contributed by atoms with van der Waals surface area (Å²) in [6.45, 7) is 5.27. The number of carboxylic acids is 1. The fraction of sp³-hybridized carbons (Fsp3) is 0.333. The molecule has 0 amide bonds. The van der Waals surface area contributed by atoms with E-state index in [0.717, 1.165) is 39.2 Å². The number of ketones is 1. The van der Waals surface area contributed by atoms with Gasteiger partial charge in [-0.2, -0.15) is 0 Å². The van der Waals surface area contributed by atoms with Crippen LogP contribution in [0.15, 0.2) is 63.8 Å². The van der Waals surface area contributed by atoms with Gasteiger partial charge in [0.2, 0.25) is 11.2 Å². The molecule has 2 fully saturated rings. The van der Waals surface area contributed by atoms with Crippen molar-refractivity contribution in [2.24, 2.45) is 11.8 Å². The van der Waals surface area contributed by atoms with Crippen LogP contribution in [0.2, 0.25) is 0 Å². The van der Waals surface area contributed by atoms with Crippen LogP contribution in [0.3, 0.4) is 0 Å². The molecular formula is C33H30Br2N6O7. The van der Waals surface area contributed by atoms with Gasteiger partial charge >= 0.3 is 5.97 Å². The van der Waals surface area contributed by atoms with Crippen molar-refractivity contribution in [3.63, 3.8) is 0 Å². The molecule has 2 aliphatic heterocycles. The highest BCUT2D eigenvalue weighted by Crippen LogP contribution is 2.29. The monoisotopic (exact) mass is 780 g/mol. The lowest BCUT2D eigenvalue weighted by Gasteiger charge is -2.14. The standard InChI is InChI=1S/C17H16BrN3O3.C16H14BrN3O4/c1-9(22)10-4-5-21(7-10)8-14-19-15-12-6-11(18)2-3-13(12)24-16(15)17(23)20-14;17-9-1-2-11-10(5-9)13-14(24-11)15(21)19-12(18-13)7-20-4-3-8(6-20)16(22)23/h2-3,6,10H,4-5,7-8H2,1H3,(H,19,20,23);1-2,5,8H,3-4,6-7H2,(H,22,23)(H,18,19,21). The van der Waals surface area contributed by atoms with Gasteiger partial charge < -0.3 is 23.9 Å². The van der Waals surface area contributed by atoms with Crippen molar-refractivity contribution in [2.45, 2.75) is 32.9 Å². The van der Waals surface area contributed by atoms with E-state index in [1.165, 1.54) is 0 Å². The second-order valence-electron chi connectivity index (χ2n) is 12.3. The quantitative estimate of drug-likeness (QED) is 0.203. The Morgan fingerprint density at radius 1 is 0.812 bits per heavy atom. The predicted octanol–water partition coefficient (Wildman–Crippen LogP) is 5.18. The fourth-order valence-corrected chi connectivity index (χ4v) is 7.13. The van der Waals surface area contributed by atoms with Crippen molar-refractivity contribution >= 4 is 87.8 Å². The minimum Gasteiger partial charge on any atom is -0.481 e. The molecule has 2 saturated heterocycles. The number of fused-ring (bicyclic) bond motifs is 6. The predicted molar refractivity (Wildman–Crippen MR) is 185 cm³/mol. The summed E-state index contributed by atoms with van der Waals surface area (Å²) in [6, 6.07) is 11.1. The van der Waals surface area contributed by atoms with Crippen molar-refractivity contribution in [2.75, 3.05) is 26.2 Å². The van der Waals surface area contributed by atoms with Crippen LogP contribution in [0.25, 0.3) is 44.1 Å². The number of hydrogen-bond donors (Lipinski definition) is 3. The molecular weight excluding hydrogens is 752 g/mol. The Bertz CT molecular complexity index is 2180. The van der Waals surface area contributed by atoms with Crippen molar-refractivity contribution < 1.29 is 23.5 Å². The van der Waals surface area contributed by atoms with Gasteiger partial charge in [0.05, 0.1) is 19.0 Å². The zero-order chi connectivity index (χ0) is 33.7. The first kappa shape index (κ1) is 32.4. The number of likely N-dealkylation sites (tertiary alicyclic amines) is 2. The van der Waals surface area contributed by atoms with Gasteiger partial charge in [-0.15, -0.1) is 0 Å². The molecule has 6 aromatic rings. The molecule has 3 N–H and O–H groups in total. The number of carbonyl (C=O) groups is 2. The number of hydrogen-bond acceptors (Lipinski definition) is 10. The molecule has 4 aromatic heterocycles. The highest BCUT2D eigenvalue weighted by Gasteiger charge is 2.29. The number of furan rings is 2. The Hall–Kier alpha value is -4.18. The molecule has 0 spiro atoms. The molecule has 2 atom stereocenters. The second kappa shape index (κ2) is 13.0. The molecule has 0 aliphatic carbocycles. The topological polar surface area (TPSA) is 179 Å². The number of rotatable bonds is 6. The molecule has 48 heavy (non-hydrogen) atoms. The Morgan fingerprint density at radius 3 is 1.69 bits per heavy atom. The largest absolute Gasteiger partial charge is 0.481 e. The van der Waals surface area contributed by atoms with E-state index in [9.17, 15) is 19.2 Å². The van der Waals surface area contributed by atoms with E-state index >= 15 is 0 Å². The van der Waals surface area contributed by atoms with Gasteiger partial charge in [0.25, 0.3) is 11.1 Å². The Morgan fingerprint density at radius 2 is 1.27 bits per heavy atom. The third-order valence-electron chi connectivity index (χ3n) is 8.88. The number of aromatic nitrogens is 4. The lowest BCUT2D eigenvalue weighted by Crippen LogP contribution is -2.25. The minimum atomic E-state index is -0.778. The molecule has 8 rings (SSSR count). The normalized spacial score (nSPS) is 18.6. The summed E-state index contributed by atoms with van der Waals surface area (Å²) in [5.74, 6) is 0.290. The second-order valence-corrected chi connectivity index (χ2v) is 14.1. The first-order valence-electron chi connectivity index (χ1n) is 15.4. The third kappa shape index (κ3) is 6.46. The van der Waals surface area contributed by atoms with Crippen molar-refractivity contribution in [1.29, 1.82) is 0 Å². The summed E-state index contributed by atoms with van der Waals surface area (Å²) in [7, 11) is 0.